The Kier molecular flexibility index (Phi) is 3.63. The second-order valence-corrected chi connectivity index (χ2v) is 7.17. The number of rotatable bonds is 4. The molecule has 0 saturated carbocycles. The monoisotopic (exact) mass is 306 g/mol. The van der Waals surface area contributed by atoms with Crippen molar-refractivity contribution in [2.75, 3.05) is 11.5 Å². The average Bonchev–Trinajstić information content (AvgIpc) is 2.86. The van der Waals surface area contributed by atoms with E-state index in [9.17, 15) is 18.3 Å². The van der Waals surface area contributed by atoms with Gasteiger partial charge in [0.05, 0.1) is 0 Å². The SMILES string of the molecule is Cc1noc(C)c1S(=O)(=O)NC1(C(=O)O)CCSC1. The quantitative estimate of drug-likeness (QED) is 0.835. The van der Waals surface area contributed by atoms with Gasteiger partial charge in [-0.2, -0.15) is 16.5 Å². The molecule has 2 N–H and O–H groups in total. The Labute approximate surface area is 114 Å². The van der Waals surface area contributed by atoms with Gasteiger partial charge in [0.2, 0.25) is 10.0 Å². The summed E-state index contributed by atoms with van der Waals surface area (Å²) in [5.74, 6) is -0.189. The Morgan fingerprint density at radius 3 is 2.63 bits per heavy atom. The van der Waals surface area contributed by atoms with E-state index in [4.69, 9.17) is 4.52 Å². The first-order valence-corrected chi connectivity index (χ1v) is 8.20. The molecule has 0 radical (unpaired) electrons. The second-order valence-electron chi connectivity index (χ2n) is 4.45. The van der Waals surface area contributed by atoms with Crippen LogP contribution < -0.4 is 4.72 Å². The van der Waals surface area contributed by atoms with Crippen molar-refractivity contribution in [2.24, 2.45) is 0 Å². The van der Waals surface area contributed by atoms with Crippen LogP contribution in [0, 0.1) is 13.8 Å². The second kappa shape index (κ2) is 4.80. The zero-order chi connectivity index (χ0) is 14.3. The molecule has 0 aromatic carbocycles. The summed E-state index contributed by atoms with van der Waals surface area (Å²) >= 11 is 1.41. The minimum atomic E-state index is -3.97. The van der Waals surface area contributed by atoms with Crippen LogP contribution in [0.4, 0.5) is 0 Å². The molecule has 0 aliphatic carbocycles. The number of hydrogen-bond acceptors (Lipinski definition) is 6. The van der Waals surface area contributed by atoms with E-state index < -0.39 is 21.5 Å². The van der Waals surface area contributed by atoms with Crippen molar-refractivity contribution in [3.05, 3.63) is 11.5 Å². The summed E-state index contributed by atoms with van der Waals surface area (Å²) in [5, 5.41) is 12.9. The molecular weight excluding hydrogens is 292 g/mol. The topological polar surface area (TPSA) is 110 Å². The molecule has 1 atom stereocenters. The minimum absolute atomic E-state index is 0.0787. The van der Waals surface area contributed by atoms with Crippen LogP contribution in [0.15, 0.2) is 9.42 Å². The average molecular weight is 306 g/mol. The minimum Gasteiger partial charge on any atom is -0.480 e. The number of aryl methyl sites for hydroxylation is 2. The van der Waals surface area contributed by atoms with Crippen molar-refractivity contribution >= 4 is 27.8 Å². The van der Waals surface area contributed by atoms with Crippen LogP contribution in [-0.2, 0) is 14.8 Å². The van der Waals surface area contributed by atoms with Crippen molar-refractivity contribution < 1.29 is 22.8 Å². The predicted octanol–water partition coefficient (Wildman–Crippen LogP) is 0.530. The lowest BCUT2D eigenvalue weighted by Crippen LogP contribution is -2.54. The van der Waals surface area contributed by atoms with E-state index >= 15 is 0 Å². The molecule has 0 spiro atoms. The van der Waals surface area contributed by atoms with E-state index in [1.165, 1.54) is 25.6 Å². The molecule has 1 unspecified atom stereocenters. The summed E-state index contributed by atoms with van der Waals surface area (Å²) in [6.07, 6.45) is 0.260. The molecule has 1 aromatic rings. The lowest BCUT2D eigenvalue weighted by molar-refractivity contribution is -0.142. The largest absolute Gasteiger partial charge is 0.480 e. The highest BCUT2D eigenvalue weighted by atomic mass is 32.2. The molecule has 106 valence electrons. The molecule has 9 heteroatoms. The van der Waals surface area contributed by atoms with Gasteiger partial charge in [0.25, 0.3) is 0 Å². The smallest absolute Gasteiger partial charge is 0.325 e. The predicted molar refractivity (Wildman–Crippen MR) is 68.6 cm³/mol. The molecule has 0 bridgehead atoms. The summed E-state index contributed by atoms with van der Waals surface area (Å²) in [4.78, 5) is 11.3. The van der Waals surface area contributed by atoms with E-state index in [1.807, 2.05) is 0 Å². The van der Waals surface area contributed by atoms with E-state index in [2.05, 4.69) is 9.88 Å². The highest BCUT2D eigenvalue weighted by molar-refractivity contribution is 7.99. The van der Waals surface area contributed by atoms with Crippen LogP contribution in [0.5, 0.6) is 0 Å². The van der Waals surface area contributed by atoms with Gasteiger partial charge in [-0.05, 0) is 26.0 Å². The van der Waals surface area contributed by atoms with E-state index in [0.717, 1.165) is 0 Å². The molecule has 2 rings (SSSR count). The lowest BCUT2D eigenvalue weighted by atomic mass is 10.0. The van der Waals surface area contributed by atoms with Crippen LogP contribution in [0.3, 0.4) is 0 Å². The van der Waals surface area contributed by atoms with Crippen molar-refractivity contribution in [1.82, 2.24) is 9.88 Å². The number of carboxylic acid groups (broad SMARTS) is 1. The van der Waals surface area contributed by atoms with Crippen molar-refractivity contribution in [3.63, 3.8) is 0 Å². The fourth-order valence-corrected chi connectivity index (χ4v) is 5.16. The number of nitrogens with one attached hydrogen (secondary N) is 1. The molecule has 1 fully saturated rings. The van der Waals surface area contributed by atoms with Gasteiger partial charge in [0.1, 0.15) is 16.1 Å². The number of sulfonamides is 1. The van der Waals surface area contributed by atoms with Crippen molar-refractivity contribution in [1.29, 1.82) is 0 Å². The van der Waals surface area contributed by atoms with Crippen LogP contribution in [0.1, 0.15) is 17.9 Å². The Bertz CT molecular complexity index is 582. The maximum Gasteiger partial charge on any atom is 0.325 e. The summed E-state index contributed by atoms with van der Waals surface area (Å²) in [5.41, 5.74) is -1.23. The molecule has 0 amide bonds. The zero-order valence-electron chi connectivity index (χ0n) is 10.5. The highest BCUT2D eigenvalue weighted by Gasteiger charge is 2.46. The number of nitrogens with zero attached hydrogens (tertiary/aromatic N) is 1. The number of hydrogen-bond donors (Lipinski definition) is 2. The maximum absolute atomic E-state index is 12.3. The van der Waals surface area contributed by atoms with Crippen LogP contribution >= 0.6 is 11.8 Å². The van der Waals surface area contributed by atoms with E-state index in [0.29, 0.717) is 5.75 Å². The molecule has 19 heavy (non-hydrogen) atoms. The number of carbonyl (C=O) groups is 1. The Morgan fingerprint density at radius 2 is 2.21 bits per heavy atom. The third-order valence-corrected chi connectivity index (χ3v) is 5.97. The molecule has 1 aliphatic rings. The summed E-state index contributed by atoms with van der Waals surface area (Å²) in [6, 6.07) is 0. The highest BCUT2D eigenvalue weighted by Crippen LogP contribution is 2.31. The summed E-state index contributed by atoms with van der Waals surface area (Å²) < 4.78 is 31.8. The van der Waals surface area contributed by atoms with Crippen LogP contribution in [0.2, 0.25) is 0 Å². The molecule has 7 nitrogen and oxygen atoms in total. The van der Waals surface area contributed by atoms with Gasteiger partial charge in [0, 0.05) is 5.75 Å². The van der Waals surface area contributed by atoms with Gasteiger partial charge in [-0.25, -0.2) is 8.42 Å². The van der Waals surface area contributed by atoms with Gasteiger partial charge in [0.15, 0.2) is 5.76 Å². The van der Waals surface area contributed by atoms with Crippen molar-refractivity contribution in [2.45, 2.75) is 30.7 Å². The van der Waals surface area contributed by atoms with Crippen LogP contribution in [-0.4, -0.2) is 41.7 Å². The van der Waals surface area contributed by atoms with Gasteiger partial charge < -0.3 is 9.63 Å². The van der Waals surface area contributed by atoms with Crippen LogP contribution in [0.25, 0.3) is 0 Å². The Balaban J connectivity index is 2.39. The van der Waals surface area contributed by atoms with E-state index in [1.54, 1.807) is 0 Å². The molecular formula is C10H14N2O5S2. The summed E-state index contributed by atoms with van der Waals surface area (Å²) in [7, 11) is -3.97. The fourth-order valence-electron chi connectivity index (χ4n) is 2.02. The van der Waals surface area contributed by atoms with Gasteiger partial charge in [-0.1, -0.05) is 5.16 Å². The first kappa shape index (κ1) is 14.4. The molecule has 2 heterocycles. The first-order valence-electron chi connectivity index (χ1n) is 5.56. The molecule has 1 saturated heterocycles. The van der Waals surface area contributed by atoms with Gasteiger partial charge >= 0.3 is 5.97 Å². The lowest BCUT2D eigenvalue weighted by Gasteiger charge is -2.24. The first-order chi connectivity index (χ1) is 8.78. The summed E-state index contributed by atoms with van der Waals surface area (Å²) in [6.45, 7) is 2.98. The number of aromatic nitrogens is 1. The number of aliphatic carboxylic acids is 1. The van der Waals surface area contributed by atoms with Gasteiger partial charge in [-0.15, -0.1) is 0 Å². The third kappa shape index (κ3) is 2.49. The third-order valence-electron chi connectivity index (χ3n) is 3.00. The maximum atomic E-state index is 12.3. The fraction of sp³-hybridized carbons (Fsp3) is 0.600. The normalized spacial score (nSPS) is 23.7. The van der Waals surface area contributed by atoms with Crippen molar-refractivity contribution in [3.8, 4) is 0 Å². The standard InChI is InChI=1S/C10H14N2O5S2/c1-6-8(7(2)17-11-6)19(15,16)12-10(9(13)14)3-4-18-5-10/h12H,3-5H2,1-2H3,(H,13,14). The molecule has 1 aliphatic heterocycles. The Morgan fingerprint density at radius 1 is 1.53 bits per heavy atom. The van der Waals surface area contributed by atoms with Gasteiger partial charge in [-0.3, -0.25) is 4.79 Å². The number of carboxylic acids is 1. The molecule has 1 aromatic heterocycles. The van der Waals surface area contributed by atoms with E-state index in [-0.39, 0.29) is 28.5 Å². The Hall–Kier alpha value is -1.06. The number of thioether (sulfide) groups is 1. The zero-order valence-corrected chi connectivity index (χ0v) is 12.1.